The monoisotopic (exact) mass is 395 g/mol. The summed E-state index contributed by atoms with van der Waals surface area (Å²) in [5.41, 5.74) is 7.61. The number of fused-ring (bicyclic) bond motifs is 2. The highest BCUT2D eigenvalue weighted by atomic mass is 19.1. The van der Waals surface area contributed by atoms with E-state index in [-0.39, 0.29) is 17.5 Å². The molecule has 0 radical (unpaired) electrons. The molecule has 1 aromatic carbocycles. The topological polar surface area (TPSA) is 96.7 Å². The number of nitrogens with zero attached hydrogens (tertiary/aromatic N) is 3. The Bertz CT molecular complexity index is 930. The fourth-order valence-corrected chi connectivity index (χ4v) is 4.97. The van der Waals surface area contributed by atoms with Crippen LogP contribution in [0.1, 0.15) is 49.8 Å². The van der Waals surface area contributed by atoms with E-state index in [1.165, 1.54) is 42.5 Å². The van der Waals surface area contributed by atoms with Crippen LogP contribution in [-0.2, 0) is 11.2 Å². The zero-order valence-electron chi connectivity index (χ0n) is 16.4. The highest BCUT2D eigenvalue weighted by Crippen LogP contribution is 2.49. The molecule has 1 heterocycles. The number of nitriles is 1. The predicted octanol–water partition coefficient (Wildman–Crippen LogP) is 3.34. The van der Waals surface area contributed by atoms with Crippen LogP contribution >= 0.6 is 0 Å². The molecule has 3 atom stereocenters. The van der Waals surface area contributed by atoms with Crippen molar-refractivity contribution in [3.05, 3.63) is 41.3 Å². The van der Waals surface area contributed by atoms with Crippen molar-refractivity contribution in [1.82, 2.24) is 15.1 Å². The van der Waals surface area contributed by atoms with Crippen molar-refractivity contribution in [3.63, 3.8) is 0 Å². The number of carbonyl (C=O) groups is 1. The number of carbonyl (C=O) groups excluding carboxylic acids is 1. The Morgan fingerprint density at radius 2 is 2.10 bits per heavy atom. The number of nitrogens with one attached hydrogen (secondary N) is 1. The summed E-state index contributed by atoms with van der Waals surface area (Å²) in [5, 5.41) is 16.9. The van der Waals surface area contributed by atoms with E-state index in [2.05, 4.69) is 16.5 Å². The van der Waals surface area contributed by atoms with Crippen molar-refractivity contribution in [1.29, 1.82) is 5.26 Å². The Labute approximate surface area is 169 Å². The van der Waals surface area contributed by atoms with Gasteiger partial charge in [0.05, 0.1) is 11.4 Å². The zero-order valence-corrected chi connectivity index (χ0v) is 16.4. The molecule has 2 fully saturated rings. The molecule has 2 aliphatic carbocycles. The summed E-state index contributed by atoms with van der Waals surface area (Å²) in [7, 11) is 0. The van der Waals surface area contributed by atoms with Crippen LogP contribution in [0.3, 0.4) is 0 Å². The van der Waals surface area contributed by atoms with E-state index in [1.807, 2.05) is 0 Å². The Balaban J connectivity index is 1.30. The first-order valence-electron chi connectivity index (χ1n) is 10.3. The second-order valence-electron chi connectivity index (χ2n) is 8.30. The molecule has 2 saturated carbocycles. The number of amides is 1. The molecule has 152 valence electrons. The first-order valence-corrected chi connectivity index (χ1v) is 10.3. The third-order valence-corrected chi connectivity index (χ3v) is 6.42. The lowest BCUT2D eigenvalue weighted by molar-refractivity contribution is -0.122. The van der Waals surface area contributed by atoms with Crippen LogP contribution in [0.5, 0.6) is 0 Å². The maximum absolute atomic E-state index is 13.1. The van der Waals surface area contributed by atoms with E-state index >= 15 is 0 Å². The first kappa shape index (κ1) is 19.4. The van der Waals surface area contributed by atoms with Crippen molar-refractivity contribution in [3.8, 4) is 11.8 Å². The summed E-state index contributed by atoms with van der Waals surface area (Å²) in [6.07, 6.45) is 7.01. The van der Waals surface area contributed by atoms with Crippen molar-refractivity contribution in [2.24, 2.45) is 17.8 Å². The van der Waals surface area contributed by atoms with Gasteiger partial charge >= 0.3 is 0 Å². The minimum atomic E-state index is -0.346. The van der Waals surface area contributed by atoms with Crippen LogP contribution in [-0.4, -0.2) is 22.2 Å². The van der Waals surface area contributed by atoms with Gasteiger partial charge in [-0.2, -0.15) is 10.4 Å². The third-order valence-electron chi connectivity index (χ3n) is 6.42. The number of aromatic nitrogens is 2. The smallest absolute Gasteiger partial charge is 0.220 e. The van der Waals surface area contributed by atoms with E-state index < -0.39 is 0 Å². The average molecular weight is 395 g/mol. The van der Waals surface area contributed by atoms with Gasteiger partial charge in [0.25, 0.3) is 0 Å². The Morgan fingerprint density at radius 3 is 2.76 bits per heavy atom. The number of anilines is 1. The molecule has 3 N–H and O–H groups in total. The molecule has 1 amide bonds. The van der Waals surface area contributed by atoms with Gasteiger partial charge in [-0.15, -0.1) is 0 Å². The van der Waals surface area contributed by atoms with Gasteiger partial charge in [-0.1, -0.05) is 6.42 Å². The van der Waals surface area contributed by atoms with Gasteiger partial charge < -0.3 is 11.1 Å². The van der Waals surface area contributed by atoms with Crippen LogP contribution < -0.4 is 11.1 Å². The molecule has 29 heavy (non-hydrogen) atoms. The van der Waals surface area contributed by atoms with Crippen molar-refractivity contribution in [2.75, 3.05) is 12.3 Å². The largest absolute Gasteiger partial charge is 0.382 e. The van der Waals surface area contributed by atoms with Crippen LogP contribution in [0.4, 0.5) is 10.2 Å². The average Bonchev–Trinajstić information content (AvgIpc) is 3.40. The number of nitrogen functional groups attached to an aromatic ring is 1. The lowest BCUT2D eigenvalue weighted by atomic mass is 9.86. The molecule has 3 unspecified atom stereocenters. The Hall–Kier alpha value is -2.88. The summed E-state index contributed by atoms with van der Waals surface area (Å²) < 4.78 is 14.6. The summed E-state index contributed by atoms with van der Waals surface area (Å²) in [5.74, 6) is 2.19. The fourth-order valence-electron chi connectivity index (χ4n) is 4.97. The van der Waals surface area contributed by atoms with Gasteiger partial charge in [0.1, 0.15) is 23.3 Å². The van der Waals surface area contributed by atoms with Gasteiger partial charge in [-0.3, -0.25) is 4.79 Å². The van der Waals surface area contributed by atoms with E-state index in [9.17, 15) is 14.4 Å². The lowest BCUT2D eigenvalue weighted by Gasteiger charge is -2.20. The number of nitrogens with two attached hydrogens (primary N) is 1. The number of halogens is 1. The standard InChI is InChI=1S/C22H26FN5O/c23-17-5-7-18(8-6-17)28-22(25)19(13-24)20(27-28)2-1-9-26-21(29)12-16-11-14-3-4-15(16)10-14/h5-8,14-16H,1-4,9-12,25H2,(H,26,29). The minimum Gasteiger partial charge on any atom is -0.382 e. The minimum absolute atomic E-state index is 0.124. The highest BCUT2D eigenvalue weighted by molar-refractivity contribution is 5.76. The molecule has 0 saturated heterocycles. The summed E-state index contributed by atoms with van der Waals surface area (Å²) >= 11 is 0. The van der Waals surface area contributed by atoms with Crippen molar-refractivity contribution in [2.45, 2.75) is 44.9 Å². The Kier molecular flexibility index (Phi) is 5.52. The molecular weight excluding hydrogens is 369 g/mol. The van der Waals surface area contributed by atoms with Gasteiger partial charge in [-0.05, 0) is 74.1 Å². The van der Waals surface area contributed by atoms with Gasteiger partial charge in [0.15, 0.2) is 0 Å². The normalized spacial score (nSPS) is 22.6. The Morgan fingerprint density at radius 1 is 1.31 bits per heavy atom. The van der Waals surface area contributed by atoms with Gasteiger partial charge in [-0.25, -0.2) is 9.07 Å². The third kappa shape index (κ3) is 4.12. The molecule has 7 heteroatoms. The number of aryl methyl sites for hydroxylation is 1. The molecule has 2 aromatic rings. The maximum Gasteiger partial charge on any atom is 0.220 e. The predicted molar refractivity (Wildman–Crippen MR) is 108 cm³/mol. The zero-order chi connectivity index (χ0) is 20.4. The van der Waals surface area contributed by atoms with E-state index in [4.69, 9.17) is 5.73 Å². The fraction of sp³-hybridized carbons (Fsp3) is 0.500. The molecule has 0 spiro atoms. The van der Waals surface area contributed by atoms with Crippen LogP contribution in [0.2, 0.25) is 0 Å². The molecule has 6 nitrogen and oxygen atoms in total. The molecule has 1 aromatic heterocycles. The number of hydrogen-bond acceptors (Lipinski definition) is 4. The quantitative estimate of drug-likeness (QED) is 0.703. The number of benzene rings is 1. The molecule has 2 bridgehead atoms. The van der Waals surface area contributed by atoms with Crippen LogP contribution in [0.25, 0.3) is 5.69 Å². The summed E-state index contributed by atoms with van der Waals surface area (Å²) in [4.78, 5) is 12.2. The molecule has 2 aliphatic rings. The summed E-state index contributed by atoms with van der Waals surface area (Å²) in [6.45, 7) is 0.549. The van der Waals surface area contributed by atoms with E-state index in [1.54, 1.807) is 12.1 Å². The molecular formula is C22H26FN5O. The number of hydrogen-bond donors (Lipinski definition) is 2. The van der Waals surface area contributed by atoms with Crippen molar-refractivity contribution >= 4 is 11.7 Å². The highest BCUT2D eigenvalue weighted by Gasteiger charge is 2.39. The first-order chi connectivity index (χ1) is 14.0. The second-order valence-corrected chi connectivity index (χ2v) is 8.30. The molecule has 0 aliphatic heterocycles. The molecule has 4 rings (SSSR count). The van der Waals surface area contributed by atoms with Gasteiger partial charge in [0.2, 0.25) is 5.91 Å². The van der Waals surface area contributed by atoms with Gasteiger partial charge in [0, 0.05) is 13.0 Å². The summed E-state index contributed by atoms with van der Waals surface area (Å²) in [6, 6.07) is 7.90. The SMILES string of the molecule is N#Cc1c(CCCNC(=O)CC2CC3CCC2C3)nn(-c2ccc(F)cc2)c1N. The second kappa shape index (κ2) is 8.24. The maximum atomic E-state index is 13.1. The number of rotatable bonds is 7. The van der Waals surface area contributed by atoms with E-state index in [0.29, 0.717) is 48.7 Å². The van der Waals surface area contributed by atoms with E-state index in [0.717, 1.165) is 11.8 Å². The van der Waals surface area contributed by atoms with Crippen LogP contribution in [0, 0.1) is 34.9 Å². The lowest BCUT2D eigenvalue weighted by Crippen LogP contribution is -2.28. The van der Waals surface area contributed by atoms with Crippen LogP contribution in [0.15, 0.2) is 24.3 Å². The van der Waals surface area contributed by atoms with Crippen molar-refractivity contribution < 1.29 is 9.18 Å².